The van der Waals surface area contributed by atoms with Crippen LogP contribution in [-0.4, -0.2) is 7.05 Å². The van der Waals surface area contributed by atoms with Crippen LogP contribution in [0.2, 0.25) is 0 Å². The summed E-state index contributed by atoms with van der Waals surface area (Å²) in [5, 5.41) is 3.12. The topological polar surface area (TPSA) is 12.0 Å². The summed E-state index contributed by atoms with van der Waals surface area (Å²) in [6, 6.07) is 6.38. The van der Waals surface area contributed by atoms with Gasteiger partial charge in [-0.05, 0) is 25.5 Å². The Balaban J connectivity index is 0.000000561. The lowest BCUT2D eigenvalue weighted by molar-refractivity contribution is 1.35. The van der Waals surface area contributed by atoms with Crippen molar-refractivity contribution in [2.24, 2.45) is 0 Å². The van der Waals surface area contributed by atoms with Crippen molar-refractivity contribution < 1.29 is 0 Å². The van der Waals surface area contributed by atoms with E-state index in [0.29, 0.717) is 0 Å². The van der Waals surface area contributed by atoms with E-state index in [0.717, 1.165) is 0 Å². The molecule has 0 aliphatic heterocycles. The first-order valence-electron chi connectivity index (χ1n) is 3.82. The monoisotopic (exact) mass is 161 g/mol. The van der Waals surface area contributed by atoms with Crippen LogP contribution in [0.5, 0.6) is 0 Å². The average molecular weight is 161 g/mol. The molecule has 1 heteroatoms. The van der Waals surface area contributed by atoms with Gasteiger partial charge in [-0.2, -0.15) is 0 Å². The van der Waals surface area contributed by atoms with E-state index in [-0.39, 0.29) is 0 Å². The molecule has 1 N–H and O–H groups in total. The van der Waals surface area contributed by atoms with Crippen molar-refractivity contribution in [2.75, 3.05) is 12.4 Å². The number of rotatable bonds is 1. The lowest BCUT2D eigenvalue weighted by Crippen LogP contribution is -1.90. The lowest BCUT2D eigenvalue weighted by Gasteiger charge is -2.04. The minimum atomic E-state index is 1.21. The van der Waals surface area contributed by atoms with Gasteiger partial charge in [0.15, 0.2) is 0 Å². The van der Waals surface area contributed by atoms with E-state index in [1.807, 2.05) is 7.05 Å². The fourth-order valence-corrected chi connectivity index (χ4v) is 1.09. The van der Waals surface area contributed by atoms with Crippen LogP contribution in [0.4, 0.5) is 5.69 Å². The number of terminal acetylenes is 1. The minimum Gasteiger partial charge on any atom is -0.388 e. The molecule has 0 aromatic heterocycles. The zero-order valence-electron chi connectivity index (χ0n) is 7.89. The average Bonchev–Trinajstić information content (AvgIpc) is 2.08. The molecule has 0 radical (unpaired) electrons. The van der Waals surface area contributed by atoms with Crippen molar-refractivity contribution in [3.63, 3.8) is 0 Å². The van der Waals surface area contributed by atoms with Crippen molar-refractivity contribution in [3.8, 4) is 12.8 Å². The second kappa shape index (κ2) is 5.26. The van der Waals surface area contributed by atoms with Gasteiger partial charge in [0.05, 0.1) is 0 Å². The third-order valence-electron chi connectivity index (χ3n) is 1.65. The lowest BCUT2D eigenvalue weighted by atomic mass is 10.1. The highest BCUT2D eigenvalue weighted by molar-refractivity contribution is 5.51. The van der Waals surface area contributed by atoms with Crippen LogP contribution in [0.25, 0.3) is 0 Å². The molecule has 12 heavy (non-hydrogen) atoms. The van der Waals surface area contributed by atoms with Gasteiger partial charge in [0, 0.05) is 12.7 Å². The van der Waals surface area contributed by atoms with E-state index in [1.54, 1.807) is 0 Å². The number of anilines is 1. The van der Waals surface area contributed by atoms with E-state index in [2.05, 4.69) is 50.2 Å². The van der Waals surface area contributed by atoms with Gasteiger partial charge in [0.25, 0.3) is 0 Å². The molecule has 0 fully saturated rings. The first kappa shape index (κ1) is 10.6. The van der Waals surface area contributed by atoms with E-state index in [4.69, 9.17) is 0 Å². The van der Waals surface area contributed by atoms with Gasteiger partial charge in [-0.15, -0.1) is 12.8 Å². The molecule has 64 valence electrons. The fourth-order valence-electron chi connectivity index (χ4n) is 1.09. The van der Waals surface area contributed by atoms with E-state index in [1.165, 1.54) is 16.8 Å². The zero-order valence-corrected chi connectivity index (χ0v) is 7.89. The van der Waals surface area contributed by atoms with Crippen LogP contribution in [0.15, 0.2) is 18.2 Å². The molecule has 0 saturated heterocycles. The highest BCUT2D eigenvalue weighted by Crippen LogP contribution is 2.14. The summed E-state index contributed by atoms with van der Waals surface area (Å²) in [6.45, 7) is 4.21. The number of hydrogen-bond donors (Lipinski definition) is 1. The third kappa shape index (κ3) is 2.67. The molecular formula is C11H15N. The Morgan fingerprint density at radius 3 is 2.17 bits per heavy atom. The predicted octanol–water partition coefficient (Wildman–Crippen LogP) is 2.59. The van der Waals surface area contributed by atoms with Crippen LogP contribution in [0.1, 0.15) is 11.1 Å². The summed E-state index contributed by atoms with van der Waals surface area (Å²) in [4.78, 5) is 0. The van der Waals surface area contributed by atoms with Crippen LogP contribution in [-0.2, 0) is 0 Å². The molecule has 0 bridgehead atoms. The molecule has 1 aromatic carbocycles. The summed E-state index contributed by atoms with van der Waals surface area (Å²) in [5.41, 5.74) is 3.84. The van der Waals surface area contributed by atoms with Crippen molar-refractivity contribution >= 4 is 5.69 Å². The molecule has 1 rings (SSSR count). The highest BCUT2D eigenvalue weighted by atomic mass is 14.8. The molecule has 0 unspecified atom stereocenters. The van der Waals surface area contributed by atoms with Gasteiger partial charge in [-0.25, -0.2) is 0 Å². The summed E-state index contributed by atoms with van der Waals surface area (Å²) in [5.74, 6) is 0. The standard InChI is InChI=1S/C9H13N.C2H2/c1-7-4-5-9(10-3)8(2)6-7;1-2/h4-6,10H,1-3H3;1-2H. The maximum atomic E-state index is 4.00. The zero-order chi connectivity index (χ0) is 9.56. The molecule has 0 amide bonds. The first-order chi connectivity index (χ1) is 5.74. The van der Waals surface area contributed by atoms with Crippen LogP contribution >= 0.6 is 0 Å². The Morgan fingerprint density at radius 1 is 1.17 bits per heavy atom. The Bertz CT molecular complexity index is 261. The molecular weight excluding hydrogens is 146 g/mol. The van der Waals surface area contributed by atoms with Crippen LogP contribution in [0, 0.1) is 26.7 Å². The van der Waals surface area contributed by atoms with Crippen LogP contribution < -0.4 is 5.32 Å². The van der Waals surface area contributed by atoms with E-state index < -0.39 is 0 Å². The molecule has 0 aliphatic rings. The van der Waals surface area contributed by atoms with Gasteiger partial charge >= 0.3 is 0 Å². The molecule has 0 spiro atoms. The maximum absolute atomic E-state index is 4.00. The summed E-state index contributed by atoms with van der Waals surface area (Å²) in [7, 11) is 1.94. The normalized spacial score (nSPS) is 8.08. The minimum absolute atomic E-state index is 1.21. The third-order valence-corrected chi connectivity index (χ3v) is 1.65. The first-order valence-corrected chi connectivity index (χ1v) is 3.82. The SMILES string of the molecule is C#C.CNc1ccc(C)cc1C. The number of aryl methyl sites for hydroxylation is 2. The Labute approximate surface area is 74.8 Å². The molecule has 1 aromatic rings. The van der Waals surface area contributed by atoms with Gasteiger partial charge in [0.1, 0.15) is 0 Å². The molecule has 1 nitrogen and oxygen atoms in total. The van der Waals surface area contributed by atoms with Crippen molar-refractivity contribution in [3.05, 3.63) is 29.3 Å². The number of benzene rings is 1. The van der Waals surface area contributed by atoms with Gasteiger partial charge in [0.2, 0.25) is 0 Å². The second-order valence-corrected chi connectivity index (χ2v) is 2.57. The fraction of sp³-hybridized carbons (Fsp3) is 0.273. The Kier molecular flexibility index (Phi) is 4.64. The van der Waals surface area contributed by atoms with Crippen molar-refractivity contribution in [2.45, 2.75) is 13.8 Å². The largest absolute Gasteiger partial charge is 0.388 e. The molecule has 0 saturated carbocycles. The molecule has 0 atom stereocenters. The number of hydrogen-bond acceptors (Lipinski definition) is 1. The van der Waals surface area contributed by atoms with Gasteiger partial charge in [-0.1, -0.05) is 17.7 Å². The smallest absolute Gasteiger partial charge is 0.0367 e. The maximum Gasteiger partial charge on any atom is 0.0367 e. The quantitative estimate of drug-likeness (QED) is 0.624. The molecule has 0 aliphatic carbocycles. The van der Waals surface area contributed by atoms with Crippen molar-refractivity contribution in [1.82, 2.24) is 0 Å². The Hall–Kier alpha value is -1.42. The van der Waals surface area contributed by atoms with Crippen molar-refractivity contribution in [1.29, 1.82) is 0 Å². The van der Waals surface area contributed by atoms with Gasteiger partial charge in [-0.3, -0.25) is 0 Å². The summed E-state index contributed by atoms with van der Waals surface area (Å²) < 4.78 is 0. The van der Waals surface area contributed by atoms with E-state index >= 15 is 0 Å². The predicted molar refractivity (Wildman–Crippen MR) is 55.4 cm³/mol. The second-order valence-electron chi connectivity index (χ2n) is 2.57. The highest BCUT2D eigenvalue weighted by Gasteiger charge is 1.92. The van der Waals surface area contributed by atoms with Crippen LogP contribution in [0.3, 0.4) is 0 Å². The number of nitrogens with one attached hydrogen (secondary N) is 1. The summed E-state index contributed by atoms with van der Waals surface area (Å²) in [6.07, 6.45) is 8.00. The van der Waals surface area contributed by atoms with Gasteiger partial charge < -0.3 is 5.32 Å². The summed E-state index contributed by atoms with van der Waals surface area (Å²) >= 11 is 0. The van der Waals surface area contributed by atoms with E-state index in [9.17, 15) is 0 Å². The Morgan fingerprint density at radius 2 is 1.75 bits per heavy atom. The molecule has 0 heterocycles.